The molecule has 4 atom stereocenters. The molecule has 7 heteroatoms. The van der Waals surface area contributed by atoms with E-state index in [-0.39, 0.29) is 23.8 Å². The molecule has 0 radical (unpaired) electrons. The minimum absolute atomic E-state index is 0.0621. The second kappa shape index (κ2) is 11.5. The minimum atomic E-state index is -0.234. The molecule has 2 aliphatic carbocycles. The van der Waals surface area contributed by atoms with Crippen molar-refractivity contribution in [3.8, 4) is 0 Å². The fraction of sp³-hybridized carbons (Fsp3) is 0.424. The summed E-state index contributed by atoms with van der Waals surface area (Å²) in [6.07, 6.45) is 9.72. The predicted molar refractivity (Wildman–Crippen MR) is 158 cm³/mol. The molecule has 2 aromatic carbocycles. The Morgan fingerprint density at radius 3 is 2.70 bits per heavy atom. The lowest BCUT2D eigenvalue weighted by Crippen LogP contribution is -2.45. The van der Waals surface area contributed by atoms with Crippen LogP contribution in [-0.2, 0) is 0 Å². The van der Waals surface area contributed by atoms with Gasteiger partial charge in [0.15, 0.2) is 0 Å². The van der Waals surface area contributed by atoms with E-state index >= 15 is 0 Å². The van der Waals surface area contributed by atoms with Crippen molar-refractivity contribution in [3.63, 3.8) is 0 Å². The first kappa shape index (κ1) is 26.6. The number of fused-ring (bicyclic) bond motifs is 1. The quantitative estimate of drug-likeness (QED) is 0.373. The third-order valence-corrected chi connectivity index (χ3v) is 9.22. The zero-order chi connectivity index (χ0) is 27.6. The molecule has 0 bridgehead atoms. The average Bonchev–Trinajstić information content (AvgIpc) is 3.71. The van der Waals surface area contributed by atoms with Crippen molar-refractivity contribution < 1.29 is 9.18 Å². The van der Waals surface area contributed by atoms with Gasteiger partial charge in [-0.3, -0.25) is 9.91 Å². The maximum atomic E-state index is 13.5. The number of anilines is 1. The number of carbonyl (C=O) groups is 1. The first-order valence-electron chi connectivity index (χ1n) is 14.8. The zero-order valence-corrected chi connectivity index (χ0v) is 23.5. The van der Waals surface area contributed by atoms with Gasteiger partial charge in [0.05, 0.1) is 17.4 Å². The molecule has 6 rings (SSSR count). The van der Waals surface area contributed by atoms with Crippen LogP contribution in [-0.4, -0.2) is 36.6 Å². The number of hydrazine groups is 1. The Morgan fingerprint density at radius 2 is 1.93 bits per heavy atom. The van der Waals surface area contributed by atoms with Gasteiger partial charge in [-0.2, -0.15) is 0 Å². The molecule has 210 valence electrons. The first-order chi connectivity index (χ1) is 19.5. The molecule has 0 spiro atoms. The van der Waals surface area contributed by atoms with Gasteiger partial charge in [-0.25, -0.2) is 9.18 Å². The summed E-state index contributed by atoms with van der Waals surface area (Å²) in [5.41, 5.74) is 10.7. The molecule has 2 aromatic rings. The first-order valence-corrected chi connectivity index (χ1v) is 14.8. The zero-order valence-electron chi connectivity index (χ0n) is 23.5. The number of allylic oxidation sites excluding steroid dienone is 4. The third-order valence-electron chi connectivity index (χ3n) is 9.22. The molecular weight excluding hydrogens is 501 g/mol. The van der Waals surface area contributed by atoms with E-state index in [1.54, 1.807) is 12.1 Å². The molecule has 4 aliphatic rings. The standard InChI is InChI=1S/C33H40FN5O/c1-3-38-17-7-10-28(38)20-35-33(40)37-30(23-8-5-4-6-9-23)18-24-11-12-25-19-31-29(22(2)32(24)25)21-36-39(31)27-15-13-26(34)14-16-27/h4-6,8-9,13-16,19,21-22,24,28,30,36H,3,7,10-12,17-18,20H2,1-2H3,(H2,35,37,40)/t22-,24+,28?,30?/m0/s1. The van der Waals surface area contributed by atoms with Crippen molar-refractivity contribution >= 4 is 11.7 Å². The predicted octanol–water partition coefficient (Wildman–Crippen LogP) is 6.19. The number of likely N-dealkylation sites (tertiary alicyclic amines) is 1. The molecule has 0 aromatic heterocycles. The van der Waals surface area contributed by atoms with Crippen LogP contribution < -0.4 is 21.1 Å². The molecule has 6 nitrogen and oxygen atoms in total. The van der Waals surface area contributed by atoms with Gasteiger partial charge in [0.1, 0.15) is 5.82 Å². The number of nitrogens with one attached hydrogen (secondary N) is 3. The van der Waals surface area contributed by atoms with Crippen molar-refractivity contribution in [1.29, 1.82) is 0 Å². The fourth-order valence-electron chi connectivity index (χ4n) is 7.17. The van der Waals surface area contributed by atoms with Crippen LogP contribution in [0.15, 0.2) is 89.3 Å². The Kier molecular flexibility index (Phi) is 7.65. The highest BCUT2D eigenvalue weighted by Gasteiger charge is 2.39. The second-order valence-electron chi connectivity index (χ2n) is 11.5. The fourth-order valence-corrected chi connectivity index (χ4v) is 7.17. The Labute approximate surface area is 237 Å². The lowest BCUT2D eigenvalue weighted by molar-refractivity contribution is 0.224. The molecular formula is C33H40FN5O. The average molecular weight is 542 g/mol. The number of amides is 2. The van der Waals surface area contributed by atoms with E-state index < -0.39 is 0 Å². The highest BCUT2D eigenvalue weighted by Crippen LogP contribution is 2.49. The smallest absolute Gasteiger partial charge is 0.315 e. The monoisotopic (exact) mass is 541 g/mol. The van der Waals surface area contributed by atoms with Crippen molar-refractivity contribution in [1.82, 2.24) is 21.0 Å². The van der Waals surface area contributed by atoms with Gasteiger partial charge in [-0.15, -0.1) is 0 Å². The van der Waals surface area contributed by atoms with Crippen molar-refractivity contribution in [3.05, 3.63) is 101 Å². The van der Waals surface area contributed by atoms with Crippen molar-refractivity contribution in [2.45, 2.75) is 58.0 Å². The van der Waals surface area contributed by atoms with E-state index in [9.17, 15) is 9.18 Å². The maximum absolute atomic E-state index is 13.5. The number of rotatable bonds is 8. The van der Waals surface area contributed by atoms with Gasteiger partial charge in [-0.05, 0) is 92.6 Å². The number of hydrogen-bond donors (Lipinski definition) is 3. The molecule has 2 amide bonds. The normalized spacial score (nSPS) is 24.7. The summed E-state index contributed by atoms with van der Waals surface area (Å²) in [5.74, 6) is 0.426. The molecule has 40 heavy (non-hydrogen) atoms. The highest BCUT2D eigenvalue weighted by atomic mass is 19.1. The lowest BCUT2D eigenvalue weighted by Gasteiger charge is -2.31. The third kappa shape index (κ3) is 5.27. The molecule has 1 saturated heterocycles. The van der Waals surface area contributed by atoms with Gasteiger partial charge in [-0.1, -0.05) is 49.8 Å². The summed E-state index contributed by atoms with van der Waals surface area (Å²) in [6, 6.07) is 17.3. The van der Waals surface area contributed by atoms with Gasteiger partial charge in [0.2, 0.25) is 0 Å². The van der Waals surface area contributed by atoms with Crippen molar-refractivity contribution in [2.24, 2.45) is 11.8 Å². The lowest BCUT2D eigenvalue weighted by atomic mass is 9.78. The number of likely N-dealkylation sites (N-methyl/N-ethyl adjacent to an activating group) is 1. The summed E-state index contributed by atoms with van der Waals surface area (Å²) < 4.78 is 13.5. The Balaban J connectivity index is 1.18. The van der Waals surface area contributed by atoms with E-state index in [1.807, 2.05) is 11.1 Å². The van der Waals surface area contributed by atoms with Gasteiger partial charge in [0.25, 0.3) is 0 Å². The van der Waals surface area contributed by atoms with E-state index in [0.717, 1.165) is 55.7 Å². The van der Waals surface area contributed by atoms with E-state index in [2.05, 4.69) is 71.3 Å². The van der Waals surface area contributed by atoms with Crippen LogP contribution in [0.4, 0.5) is 14.9 Å². The summed E-state index contributed by atoms with van der Waals surface area (Å²) in [7, 11) is 0. The van der Waals surface area contributed by atoms with E-state index in [0.29, 0.717) is 18.5 Å². The molecule has 1 fully saturated rings. The van der Waals surface area contributed by atoms with Crippen LogP contribution in [0, 0.1) is 17.7 Å². The van der Waals surface area contributed by atoms with Gasteiger partial charge in [0, 0.05) is 30.3 Å². The second-order valence-corrected chi connectivity index (χ2v) is 11.5. The molecule has 2 heterocycles. The molecule has 3 N–H and O–H groups in total. The van der Waals surface area contributed by atoms with Crippen LogP contribution in [0.5, 0.6) is 0 Å². The van der Waals surface area contributed by atoms with E-state index in [4.69, 9.17) is 0 Å². The molecule has 2 unspecified atom stereocenters. The maximum Gasteiger partial charge on any atom is 0.315 e. The largest absolute Gasteiger partial charge is 0.337 e. The minimum Gasteiger partial charge on any atom is -0.337 e. The summed E-state index contributed by atoms with van der Waals surface area (Å²) in [4.78, 5) is 15.6. The summed E-state index contributed by atoms with van der Waals surface area (Å²) in [6.45, 7) is 7.33. The Hall–Kier alpha value is -3.58. The Bertz CT molecular complexity index is 1320. The van der Waals surface area contributed by atoms with Gasteiger partial charge < -0.3 is 16.1 Å². The van der Waals surface area contributed by atoms with Crippen LogP contribution >= 0.6 is 0 Å². The number of urea groups is 1. The van der Waals surface area contributed by atoms with Crippen LogP contribution in [0.2, 0.25) is 0 Å². The van der Waals surface area contributed by atoms with Gasteiger partial charge >= 0.3 is 6.03 Å². The Morgan fingerprint density at radius 1 is 1.12 bits per heavy atom. The SMILES string of the molecule is CCN1CCCC1CNC(=O)NC(C[C@H]1CCC2=C1[C@@H](C)C1=CNN(c3ccc(F)cc3)C1=C2)c1ccccc1. The van der Waals surface area contributed by atoms with Crippen LogP contribution in [0.25, 0.3) is 0 Å². The van der Waals surface area contributed by atoms with Crippen LogP contribution in [0.1, 0.15) is 57.6 Å². The summed E-state index contributed by atoms with van der Waals surface area (Å²) >= 11 is 0. The molecule has 0 saturated carbocycles. The molecule has 2 aliphatic heterocycles. The topological polar surface area (TPSA) is 59.6 Å². The van der Waals surface area contributed by atoms with Crippen LogP contribution in [0.3, 0.4) is 0 Å². The number of halogens is 1. The number of hydrogen-bond acceptors (Lipinski definition) is 4. The number of benzene rings is 2. The number of carbonyl (C=O) groups excluding carboxylic acids is 1. The highest BCUT2D eigenvalue weighted by molar-refractivity contribution is 5.74. The number of nitrogens with zero attached hydrogens (tertiary/aromatic N) is 2. The van der Waals surface area contributed by atoms with Crippen molar-refractivity contribution in [2.75, 3.05) is 24.6 Å². The summed E-state index contributed by atoms with van der Waals surface area (Å²) in [5, 5.41) is 8.55. The van der Waals surface area contributed by atoms with E-state index in [1.165, 1.54) is 35.3 Å².